The molecule has 3 atom stereocenters. The number of hydrogen-bond acceptors (Lipinski definition) is 3. The van der Waals surface area contributed by atoms with Crippen LogP contribution in [0, 0.1) is 11.8 Å². The van der Waals surface area contributed by atoms with Crippen LogP contribution in [0.3, 0.4) is 0 Å². The SMILES string of the molecule is O=CCc1ccc(OCc2ccc3ccccc3n2)cc1C1(c2ccccc2)CC2CCC1C2. The molecule has 2 saturated carbocycles. The Morgan fingerprint density at radius 2 is 1.79 bits per heavy atom. The summed E-state index contributed by atoms with van der Waals surface area (Å²) in [5.74, 6) is 2.22. The van der Waals surface area contributed by atoms with Crippen LogP contribution in [0.2, 0.25) is 0 Å². The molecule has 2 bridgehead atoms. The van der Waals surface area contributed by atoms with E-state index in [1.807, 2.05) is 30.3 Å². The van der Waals surface area contributed by atoms with Gasteiger partial charge in [-0.15, -0.1) is 0 Å². The molecular formula is C31H29NO2. The maximum atomic E-state index is 11.6. The number of pyridine rings is 1. The van der Waals surface area contributed by atoms with Crippen molar-refractivity contribution in [3.63, 3.8) is 0 Å². The van der Waals surface area contributed by atoms with Crippen molar-refractivity contribution >= 4 is 17.2 Å². The van der Waals surface area contributed by atoms with Crippen LogP contribution < -0.4 is 4.74 Å². The van der Waals surface area contributed by atoms with E-state index in [1.54, 1.807) is 0 Å². The Kier molecular flexibility index (Phi) is 5.41. The molecule has 0 spiro atoms. The second-order valence-electron chi connectivity index (χ2n) is 9.89. The molecule has 3 aromatic carbocycles. The normalized spacial score (nSPS) is 23.3. The Morgan fingerprint density at radius 3 is 2.59 bits per heavy atom. The van der Waals surface area contributed by atoms with Crippen molar-refractivity contribution in [1.82, 2.24) is 4.98 Å². The Balaban J connectivity index is 1.37. The second-order valence-corrected chi connectivity index (χ2v) is 9.89. The molecule has 2 aliphatic carbocycles. The molecule has 34 heavy (non-hydrogen) atoms. The molecule has 0 N–H and O–H groups in total. The molecule has 2 fully saturated rings. The van der Waals surface area contributed by atoms with Crippen molar-refractivity contribution in [2.75, 3.05) is 0 Å². The van der Waals surface area contributed by atoms with Crippen LogP contribution >= 0.6 is 0 Å². The van der Waals surface area contributed by atoms with Crippen LogP contribution in [0.1, 0.15) is 48.1 Å². The maximum absolute atomic E-state index is 11.6. The smallest absolute Gasteiger partial charge is 0.130 e. The van der Waals surface area contributed by atoms with Crippen LogP contribution in [0.15, 0.2) is 84.9 Å². The third kappa shape index (κ3) is 3.60. The summed E-state index contributed by atoms with van der Waals surface area (Å²) in [4.78, 5) is 16.4. The molecule has 4 aromatic rings. The summed E-state index contributed by atoms with van der Waals surface area (Å²) in [6, 6.07) is 29.5. The van der Waals surface area contributed by atoms with Crippen molar-refractivity contribution in [3.05, 3.63) is 107 Å². The molecule has 3 nitrogen and oxygen atoms in total. The van der Waals surface area contributed by atoms with E-state index in [2.05, 4.69) is 54.6 Å². The number of ether oxygens (including phenoxy) is 1. The first kappa shape index (κ1) is 21.1. The Labute approximate surface area is 200 Å². The molecule has 1 aromatic heterocycles. The van der Waals surface area contributed by atoms with E-state index in [1.165, 1.54) is 30.4 Å². The number of hydrogen-bond donors (Lipinski definition) is 0. The number of carbonyl (C=O) groups excluding carboxylic acids is 1. The molecule has 6 rings (SSSR count). The van der Waals surface area contributed by atoms with Crippen LogP contribution in [-0.4, -0.2) is 11.3 Å². The van der Waals surface area contributed by atoms with E-state index in [0.717, 1.165) is 46.5 Å². The number of aromatic nitrogens is 1. The Hall–Kier alpha value is -3.46. The van der Waals surface area contributed by atoms with Crippen LogP contribution in [0.4, 0.5) is 0 Å². The standard InChI is InChI=1S/C31H29NO2/c33-17-16-23-12-15-28(34-21-27-14-11-24-6-4-5-9-30(24)32-27)19-29(23)31(25-7-2-1-3-8-25)20-22-10-13-26(31)18-22/h1-9,11-12,14-15,17,19,22,26H,10,13,16,18,20-21H2. The average molecular weight is 448 g/mol. The minimum atomic E-state index is -0.0386. The highest BCUT2D eigenvalue weighted by Gasteiger charge is 2.53. The first-order valence-electron chi connectivity index (χ1n) is 12.4. The van der Waals surface area contributed by atoms with Crippen molar-refractivity contribution in [2.24, 2.45) is 11.8 Å². The molecule has 0 radical (unpaired) electrons. The van der Waals surface area contributed by atoms with E-state index >= 15 is 0 Å². The van der Waals surface area contributed by atoms with Gasteiger partial charge in [0.05, 0.1) is 11.2 Å². The fourth-order valence-electron chi connectivity index (χ4n) is 6.58. The zero-order chi connectivity index (χ0) is 23.0. The number of rotatable bonds is 7. The van der Waals surface area contributed by atoms with Crippen molar-refractivity contribution in [3.8, 4) is 5.75 Å². The van der Waals surface area contributed by atoms with Gasteiger partial charge in [-0.05, 0) is 72.1 Å². The molecule has 170 valence electrons. The zero-order valence-corrected chi connectivity index (χ0v) is 19.3. The quantitative estimate of drug-likeness (QED) is 0.297. The van der Waals surface area contributed by atoms with Gasteiger partial charge in [0.2, 0.25) is 0 Å². The van der Waals surface area contributed by atoms with Gasteiger partial charge in [-0.1, -0.05) is 67.1 Å². The third-order valence-electron chi connectivity index (χ3n) is 8.05. The zero-order valence-electron chi connectivity index (χ0n) is 19.3. The lowest BCUT2D eigenvalue weighted by atomic mass is 9.63. The van der Waals surface area contributed by atoms with Gasteiger partial charge in [-0.2, -0.15) is 0 Å². The highest BCUT2D eigenvalue weighted by Crippen LogP contribution is 2.60. The van der Waals surface area contributed by atoms with E-state index in [-0.39, 0.29) is 5.41 Å². The lowest BCUT2D eigenvalue weighted by molar-refractivity contribution is -0.107. The highest BCUT2D eigenvalue weighted by atomic mass is 16.5. The van der Waals surface area contributed by atoms with Gasteiger partial charge in [0.15, 0.2) is 0 Å². The number of nitrogens with zero attached hydrogens (tertiary/aromatic N) is 1. The summed E-state index contributed by atoms with van der Waals surface area (Å²) in [6.45, 7) is 0.418. The number of benzene rings is 3. The number of carbonyl (C=O) groups is 1. The van der Waals surface area contributed by atoms with E-state index in [4.69, 9.17) is 9.72 Å². The Morgan fingerprint density at radius 1 is 0.941 bits per heavy atom. The molecule has 1 heterocycles. The monoisotopic (exact) mass is 447 g/mol. The van der Waals surface area contributed by atoms with Crippen molar-refractivity contribution in [2.45, 2.75) is 44.1 Å². The number of aldehydes is 1. The summed E-state index contributed by atoms with van der Waals surface area (Å²) >= 11 is 0. The van der Waals surface area contributed by atoms with Crippen LogP contribution in [-0.2, 0) is 23.2 Å². The van der Waals surface area contributed by atoms with Crippen molar-refractivity contribution < 1.29 is 9.53 Å². The maximum Gasteiger partial charge on any atom is 0.130 e. The molecule has 3 unspecified atom stereocenters. The van der Waals surface area contributed by atoms with Gasteiger partial charge in [0, 0.05) is 17.2 Å². The molecule has 0 saturated heterocycles. The average Bonchev–Trinajstić information content (AvgIpc) is 3.51. The molecule has 2 aliphatic rings. The number of para-hydroxylation sites is 1. The minimum Gasteiger partial charge on any atom is -0.487 e. The molecule has 0 amide bonds. The fourth-order valence-corrected chi connectivity index (χ4v) is 6.58. The first-order chi connectivity index (χ1) is 16.8. The van der Waals surface area contributed by atoms with Gasteiger partial charge >= 0.3 is 0 Å². The van der Waals surface area contributed by atoms with Crippen LogP contribution in [0.25, 0.3) is 10.9 Å². The molecule has 0 aliphatic heterocycles. The summed E-state index contributed by atoms with van der Waals surface area (Å²) in [6.07, 6.45) is 6.49. The van der Waals surface area contributed by atoms with Gasteiger partial charge in [0.25, 0.3) is 0 Å². The predicted molar refractivity (Wildman–Crippen MR) is 135 cm³/mol. The Bertz CT molecular complexity index is 1330. The van der Waals surface area contributed by atoms with Gasteiger partial charge in [-0.3, -0.25) is 0 Å². The van der Waals surface area contributed by atoms with Crippen molar-refractivity contribution in [1.29, 1.82) is 0 Å². The largest absolute Gasteiger partial charge is 0.487 e. The van der Waals surface area contributed by atoms with Gasteiger partial charge in [-0.25, -0.2) is 4.98 Å². The van der Waals surface area contributed by atoms with Gasteiger partial charge in [0.1, 0.15) is 18.6 Å². The number of fused-ring (bicyclic) bond motifs is 3. The first-order valence-corrected chi connectivity index (χ1v) is 12.4. The predicted octanol–water partition coefficient (Wildman–Crippen LogP) is 6.66. The lowest BCUT2D eigenvalue weighted by Crippen LogP contribution is -2.35. The third-order valence-corrected chi connectivity index (χ3v) is 8.05. The topological polar surface area (TPSA) is 39.2 Å². The fraction of sp³-hybridized carbons (Fsp3) is 0.290. The summed E-state index contributed by atoms with van der Waals surface area (Å²) in [5, 5.41) is 1.13. The van der Waals surface area contributed by atoms with E-state index in [0.29, 0.717) is 18.9 Å². The van der Waals surface area contributed by atoms with Crippen LogP contribution in [0.5, 0.6) is 5.75 Å². The lowest BCUT2D eigenvalue weighted by Gasteiger charge is -2.40. The second kappa shape index (κ2) is 8.72. The van der Waals surface area contributed by atoms with E-state index < -0.39 is 0 Å². The summed E-state index contributed by atoms with van der Waals surface area (Å²) in [5.41, 5.74) is 5.64. The molecule has 3 heteroatoms. The highest BCUT2D eigenvalue weighted by molar-refractivity contribution is 5.78. The van der Waals surface area contributed by atoms with E-state index in [9.17, 15) is 4.79 Å². The minimum absolute atomic E-state index is 0.0386. The van der Waals surface area contributed by atoms with Gasteiger partial charge < -0.3 is 9.53 Å². The molecular weight excluding hydrogens is 418 g/mol. The summed E-state index contributed by atoms with van der Waals surface area (Å²) < 4.78 is 6.28. The summed E-state index contributed by atoms with van der Waals surface area (Å²) in [7, 11) is 0.